The molecule has 2 aromatic carbocycles. The van der Waals surface area contributed by atoms with Crippen LogP contribution in [0.15, 0.2) is 55.1 Å². The van der Waals surface area contributed by atoms with Crippen molar-refractivity contribution in [3.05, 3.63) is 71.8 Å². The molecule has 0 radical (unpaired) electrons. The first-order valence-corrected chi connectivity index (χ1v) is 6.39. The molecule has 0 aliphatic rings. The summed E-state index contributed by atoms with van der Waals surface area (Å²) in [6.45, 7) is 3.56. The molecule has 0 amide bonds. The van der Waals surface area contributed by atoms with E-state index in [-0.39, 0.29) is 17.1 Å². The first-order chi connectivity index (χ1) is 10.5. The highest BCUT2D eigenvalue weighted by atomic mass is 16.4. The fourth-order valence-electron chi connectivity index (χ4n) is 1.72. The van der Waals surface area contributed by atoms with Crippen LogP contribution in [-0.4, -0.2) is 27.6 Å². The van der Waals surface area contributed by atoms with Gasteiger partial charge in [0.2, 0.25) is 0 Å². The molecule has 0 atom stereocenters. The Morgan fingerprint density at radius 3 is 2.18 bits per heavy atom. The summed E-state index contributed by atoms with van der Waals surface area (Å²) in [6.07, 6.45) is 2.96. The molecule has 0 spiro atoms. The van der Waals surface area contributed by atoms with Gasteiger partial charge >= 0.3 is 5.97 Å². The van der Waals surface area contributed by atoms with Gasteiger partial charge in [0, 0.05) is 0 Å². The Hall–Kier alpha value is -3.08. The number of carbonyl (C=O) groups excluding carboxylic acids is 1. The standard InChI is InChI=1S/C10H10O2.C7H6O3/c1-2-4-8-5-3-6-10(12)9(8)7-11;8-6-4-2-1-3-5(6)7(9)10/h2-3,5-7,12H,1,4H2;1-4,8H,(H,9,10). The molecule has 2 aromatic rings. The van der Waals surface area contributed by atoms with Crippen molar-refractivity contribution in [3.8, 4) is 11.5 Å². The van der Waals surface area contributed by atoms with Gasteiger partial charge in [-0.3, -0.25) is 4.79 Å². The highest BCUT2D eigenvalue weighted by Gasteiger charge is 2.05. The monoisotopic (exact) mass is 300 g/mol. The van der Waals surface area contributed by atoms with E-state index >= 15 is 0 Å². The third kappa shape index (κ3) is 4.49. The number of aromatic carboxylic acids is 1. The second-order valence-electron chi connectivity index (χ2n) is 4.28. The van der Waals surface area contributed by atoms with Crippen molar-refractivity contribution in [1.82, 2.24) is 0 Å². The SMILES string of the molecule is C=CCc1cccc(O)c1C=O.O=C(O)c1ccccc1O. The van der Waals surface area contributed by atoms with E-state index in [4.69, 9.17) is 10.2 Å². The number of aromatic hydroxyl groups is 2. The molecule has 5 nitrogen and oxygen atoms in total. The smallest absolute Gasteiger partial charge is 0.339 e. The topological polar surface area (TPSA) is 94.8 Å². The molecule has 0 bridgehead atoms. The van der Waals surface area contributed by atoms with Gasteiger partial charge in [-0.15, -0.1) is 6.58 Å². The Morgan fingerprint density at radius 2 is 1.68 bits per heavy atom. The molecule has 114 valence electrons. The normalized spacial score (nSPS) is 9.27. The third-order valence-electron chi connectivity index (χ3n) is 2.79. The summed E-state index contributed by atoms with van der Waals surface area (Å²) < 4.78 is 0. The molecule has 0 aromatic heterocycles. The Balaban J connectivity index is 0.000000224. The van der Waals surface area contributed by atoms with Crippen LogP contribution in [-0.2, 0) is 6.42 Å². The first-order valence-electron chi connectivity index (χ1n) is 6.39. The van der Waals surface area contributed by atoms with Gasteiger partial charge in [-0.2, -0.15) is 0 Å². The Labute approximate surface area is 127 Å². The summed E-state index contributed by atoms with van der Waals surface area (Å²) in [5.74, 6) is -1.28. The van der Waals surface area contributed by atoms with E-state index in [9.17, 15) is 14.7 Å². The van der Waals surface area contributed by atoms with Crippen LogP contribution in [0.1, 0.15) is 26.3 Å². The van der Waals surface area contributed by atoms with Gasteiger partial charge in [-0.05, 0) is 30.2 Å². The Bertz CT molecular complexity index is 676. The van der Waals surface area contributed by atoms with Gasteiger partial charge in [0.15, 0.2) is 6.29 Å². The number of rotatable bonds is 4. The fourth-order valence-corrected chi connectivity index (χ4v) is 1.72. The van der Waals surface area contributed by atoms with Crippen LogP contribution in [0, 0.1) is 0 Å². The lowest BCUT2D eigenvalue weighted by Gasteiger charge is -2.02. The lowest BCUT2D eigenvalue weighted by Crippen LogP contribution is -1.95. The quantitative estimate of drug-likeness (QED) is 0.596. The van der Waals surface area contributed by atoms with Crippen molar-refractivity contribution in [1.29, 1.82) is 0 Å². The van der Waals surface area contributed by atoms with Gasteiger partial charge < -0.3 is 15.3 Å². The van der Waals surface area contributed by atoms with Gasteiger partial charge in [0.25, 0.3) is 0 Å². The highest BCUT2D eigenvalue weighted by Crippen LogP contribution is 2.19. The summed E-state index contributed by atoms with van der Waals surface area (Å²) in [7, 11) is 0. The summed E-state index contributed by atoms with van der Waals surface area (Å²) in [5, 5.41) is 26.6. The van der Waals surface area contributed by atoms with Crippen molar-refractivity contribution in [3.63, 3.8) is 0 Å². The molecule has 0 fully saturated rings. The zero-order chi connectivity index (χ0) is 16.5. The molecular formula is C17H16O5. The number of benzene rings is 2. The number of hydrogen-bond donors (Lipinski definition) is 3. The van der Waals surface area contributed by atoms with E-state index in [1.807, 2.05) is 0 Å². The molecule has 0 saturated heterocycles. The first kappa shape index (κ1) is 17.0. The second kappa shape index (κ2) is 8.26. The lowest BCUT2D eigenvalue weighted by atomic mass is 10.0. The van der Waals surface area contributed by atoms with E-state index in [1.54, 1.807) is 30.3 Å². The predicted octanol–water partition coefficient (Wildman–Crippen LogP) is 3.02. The Morgan fingerprint density at radius 1 is 1.05 bits per heavy atom. The number of carbonyl (C=O) groups is 2. The van der Waals surface area contributed by atoms with Crippen molar-refractivity contribution in [2.45, 2.75) is 6.42 Å². The van der Waals surface area contributed by atoms with Crippen molar-refractivity contribution < 1.29 is 24.9 Å². The van der Waals surface area contributed by atoms with E-state index in [0.29, 0.717) is 18.3 Å². The fraction of sp³-hybridized carbons (Fsp3) is 0.0588. The number of phenols is 2. The average Bonchev–Trinajstić information content (AvgIpc) is 2.49. The zero-order valence-electron chi connectivity index (χ0n) is 11.8. The molecule has 0 aliphatic heterocycles. The van der Waals surface area contributed by atoms with Gasteiger partial charge in [0.05, 0.1) is 5.56 Å². The van der Waals surface area contributed by atoms with Crippen LogP contribution >= 0.6 is 0 Å². The van der Waals surface area contributed by atoms with Crippen LogP contribution in [0.5, 0.6) is 11.5 Å². The number of hydrogen-bond acceptors (Lipinski definition) is 4. The van der Waals surface area contributed by atoms with Crippen molar-refractivity contribution >= 4 is 12.3 Å². The molecule has 0 heterocycles. The summed E-state index contributed by atoms with van der Waals surface area (Å²) >= 11 is 0. The minimum Gasteiger partial charge on any atom is -0.507 e. The van der Waals surface area contributed by atoms with Crippen LogP contribution in [0.25, 0.3) is 0 Å². The molecule has 0 saturated carbocycles. The number of phenolic OH excluding ortho intramolecular Hbond substituents is 1. The molecule has 5 heteroatoms. The summed E-state index contributed by atoms with van der Waals surface area (Å²) in [6, 6.07) is 10.8. The number of carboxylic acids is 1. The second-order valence-corrected chi connectivity index (χ2v) is 4.28. The van der Waals surface area contributed by atoms with Gasteiger partial charge in [0.1, 0.15) is 17.1 Å². The maximum Gasteiger partial charge on any atom is 0.339 e. The van der Waals surface area contributed by atoms with Gasteiger partial charge in [-0.1, -0.05) is 30.3 Å². The maximum absolute atomic E-state index is 10.5. The van der Waals surface area contributed by atoms with E-state index in [1.165, 1.54) is 18.2 Å². The van der Waals surface area contributed by atoms with Crippen LogP contribution in [0.2, 0.25) is 0 Å². The number of allylic oxidation sites excluding steroid dienone is 1. The van der Waals surface area contributed by atoms with E-state index < -0.39 is 5.97 Å². The minimum absolute atomic E-state index is 0.0318. The number of carboxylic acid groups (broad SMARTS) is 1. The largest absolute Gasteiger partial charge is 0.507 e. The summed E-state index contributed by atoms with van der Waals surface area (Å²) in [4.78, 5) is 20.8. The average molecular weight is 300 g/mol. The molecule has 0 unspecified atom stereocenters. The number of para-hydroxylation sites is 1. The molecule has 3 N–H and O–H groups in total. The van der Waals surface area contributed by atoms with Gasteiger partial charge in [-0.25, -0.2) is 4.79 Å². The van der Waals surface area contributed by atoms with Crippen molar-refractivity contribution in [2.75, 3.05) is 0 Å². The predicted molar refractivity (Wildman–Crippen MR) is 82.5 cm³/mol. The zero-order valence-corrected chi connectivity index (χ0v) is 11.8. The molecule has 22 heavy (non-hydrogen) atoms. The molecule has 2 rings (SSSR count). The van der Waals surface area contributed by atoms with Crippen LogP contribution in [0.4, 0.5) is 0 Å². The molecule has 0 aliphatic carbocycles. The number of aldehydes is 1. The maximum atomic E-state index is 10.5. The third-order valence-corrected chi connectivity index (χ3v) is 2.79. The minimum atomic E-state index is -1.11. The summed E-state index contributed by atoms with van der Waals surface area (Å²) in [5.41, 5.74) is 1.10. The highest BCUT2D eigenvalue weighted by molar-refractivity contribution is 5.90. The van der Waals surface area contributed by atoms with E-state index in [0.717, 1.165) is 5.56 Å². The van der Waals surface area contributed by atoms with Crippen LogP contribution < -0.4 is 0 Å². The van der Waals surface area contributed by atoms with Crippen LogP contribution in [0.3, 0.4) is 0 Å². The van der Waals surface area contributed by atoms with Crippen molar-refractivity contribution in [2.24, 2.45) is 0 Å². The van der Waals surface area contributed by atoms with E-state index in [2.05, 4.69) is 6.58 Å². The lowest BCUT2D eigenvalue weighted by molar-refractivity contribution is 0.0693. The Kier molecular flexibility index (Phi) is 6.37. The molecular weight excluding hydrogens is 284 g/mol.